The Kier molecular flexibility index (Phi) is 7.55. The lowest BCUT2D eigenvalue weighted by Crippen LogP contribution is -2.39. The SMILES string of the molecule is N#Cc1ccnc(NC2CCN(Cc3ccc(-n4c(-c5cccnc5N)nc5ccc(-c6ccc(F)cc6)nc54)cc3)CC2)n1. The molecule has 1 aliphatic heterocycles. The molecule has 45 heavy (non-hydrogen) atoms. The summed E-state index contributed by atoms with van der Waals surface area (Å²) in [6.07, 6.45) is 5.17. The molecule has 11 heteroatoms. The molecule has 0 radical (unpaired) electrons. The van der Waals surface area contributed by atoms with Crippen molar-refractivity contribution in [2.75, 3.05) is 24.1 Å². The molecule has 0 saturated carbocycles. The molecule has 5 heterocycles. The highest BCUT2D eigenvalue weighted by molar-refractivity contribution is 5.84. The van der Waals surface area contributed by atoms with Crippen molar-refractivity contribution in [3.8, 4) is 34.4 Å². The first-order chi connectivity index (χ1) is 22.0. The van der Waals surface area contributed by atoms with Crippen LogP contribution in [0.2, 0.25) is 0 Å². The molecule has 222 valence electrons. The van der Waals surface area contributed by atoms with E-state index in [2.05, 4.69) is 55.5 Å². The third-order valence-electron chi connectivity index (χ3n) is 8.02. The highest BCUT2D eigenvalue weighted by atomic mass is 19.1. The highest BCUT2D eigenvalue weighted by Crippen LogP contribution is 2.32. The third-order valence-corrected chi connectivity index (χ3v) is 8.02. The van der Waals surface area contributed by atoms with Gasteiger partial charge in [-0.2, -0.15) is 5.26 Å². The first-order valence-corrected chi connectivity index (χ1v) is 14.7. The average Bonchev–Trinajstić information content (AvgIpc) is 3.45. The standard InChI is InChI=1S/C34H29FN10/c35-24-7-5-23(6-8-24)29-11-12-30-33(42-29)45(32(43-30)28-2-1-16-38-31(28)37)27-9-3-22(4-10-27)21-44-18-14-25(15-19-44)40-34-39-17-13-26(20-36)41-34/h1-13,16-17,25H,14-15,18-19,21H2,(H2,37,38)(H,39,40,41). The molecule has 0 spiro atoms. The van der Waals surface area contributed by atoms with Crippen molar-refractivity contribution in [1.82, 2.24) is 34.4 Å². The van der Waals surface area contributed by atoms with Crippen LogP contribution in [0.3, 0.4) is 0 Å². The maximum Gasteiger partial charge on any atom is 0.224 e. The number of halogens is 1. The molecule has 0 amide bonds. The Morgan fingerprint density at radius 3 is 2.44 bits per heavy atom. The van der Waals surface area contributed by atoms with E-state index in [0.717, 1.165) is 43.7 Å². The maximum absolute atomic E-state index is 13.6. The van der Waals surface area contributed by atoms with Crippen LogP contribution in [0.1, 0.15) is 24.1 Å². The molecule has 0 bridgehead atoms. The number of fused-ring (bicyclic) bond motifs is 1. The van der Waals surface area contributed by atoms with Crippen LogP contribution >= 0.6 is 0 Å². The minimum atomic E-state index is -0.294. The molecule has 10 nitrogen and oxygen atoms in total. The van der Waals surface area contributed by atoms with E-state index in [1.54, 1.807) is 30.6 Å². The second-order valence-corrected chi connectivity index (χ2v) is 11.0. The fourth-order valence-corrected chi connectivity index (χ4v) is 5.69. The summed E-state index contributed by atoms with van der Waals surface area (Å²) in [6.45, 7) is 2.70. The summed E-state index contributed by atoms with van der Waals surface area (Å²) in [6, 6.07) is 26.2. The third kappa shape index (κ3) is 5.91. The van der Waals surface area contributed by atoms with E-state index < -0.39 is 0 Å². The number of benzene rings is 2. The molecular formula is C34H29FN10. The number of hydrogen-bond donors (Lipinski definition) is 2. The Morgan fingerprint density at radius 2 is 1.69 bits per heavy atom. The molecule has 2 aromatic carbocycles. The van der Waals surface area contributed by atoms with Gasteiger partial charge in [0.15, 0.2) is 11.5 Å². The van der Waals surface area contributed by atoms with Crippen LogP contribution in [-0.4, -0.2) is 53.5 Å². The maximum atomic E-state index is 13.6. The van der Waals surface area contributed by atoms with Crippen molar-refractivity contribution in [3.63, 3.8) is 0 Å². The van der Waals surface area contributed by atoms with E-state index in [0.29, 0.717) is 45.7 Å². The van der Waals surface area contributed by atoms with Gasteiger partial charge in [0.2, 0.25) is 5.95 Å². The van der Waals surface area contributed by atoms with Crippen LogP contribution in [0.15, 0.2) is 91.3 Å². The number of nitriles is 1. The normalized spacial score (nSPS) is 14.0. The summed E-state index contributed by atoms with van der Waals surface area (Å²) in [5.41, 5.74) is 12.4. The zero-order valence-corrected chi connectivity index (χ0v) is 24.3. The van der Waals surface area contributed by atoms with Crippen molar-refractivity contribution in [3.05, 3.63) is 108 Å². The summed E-state index contributed by atoms with van der Waals surface area (Å²) >= 11 is 0. The van der Waals surface area contributed by atoms with Gasteiger partial charge in [-0.3, -0.25) is 9.47 Å². The van der Waals surface area contributed by atoms with Gasteiger partial charge in [-0.25, -0.2) is 29.3 Å². The predicted molar refractivity (Wildman–Crippen MR) is 171 cm³/mol. The second-order valence-electron chi connectivity index (χ2n) is 11.0. The zero-order chi connectivity index (χ0) is 30.8. The fraction of sp³-hybridized carbons (Fsp3) is 0.176. The van der Waals surface area contributed by atoms with Crippen LogP contribution in [0.4, 0.5) is 16.2 Å². The van der Waals surface area contributed by atoms with E-state index in [9.17, 15) is 4.39 Å². The van der Waals surface area contributed by atoms with Gasteiger partial charge in [-0.05, 0) is 85.1 Å². The number of pyridine rings is 2. The monoisotopic (exact) mass is 596 g/mol. The number of rotatable bonds is 7. The lowest BCUT2D eigenvalue weighted by Gasteiger charge is -2.32. The van der Waals surface area contributed by atoms with Crippen molar-refractivity contribution >= 4 is 22.9 Å². The number of imidazole rings is 1. The lowest BCUT2D eigenvalue weighted by molar-refractivity contribution is 0.211. The number of anilines is 2. The van der Waals surface area contributed by atoms with Gasteiger partial charge in [0.05, 0.1) is 11.3 Å². The highest BCUT2D eigenvalue weighted by Gasteiger charge is 2.21. The topological polar surface area (TPSA) is 134 Å². The van der Waals surface area contributed by atoms with E-state index in [1.807, 2.05) is 28.8 Å². The number of piperidine rings is 1. The largest absolute Gasteiger partial charge is 0.383 e. The van der Waals surface area contributed by atoms with Gasteiger partial charge in [-0.1, -0.05) is 12.1 Å². The first kappa shape index (κ1) is 28.1. The van der Waals surface area contributed by atoms with Gasteiger partial charge in [-0.15, -0.1) is 0 Å². The zero-order valence-electron chi connectivity index (χ0n) is 24.3. The van der Waals surface area contributed by atoms with Crippen LogP contribution in [-0.2, 0) is 6.54 Å². The van der Waals surface area contributed by atoms with Crippen molar-refractivity contribution < 1.29 is 4.39 Å². The second kappa shape index (κ2) is 12.1. The van der Waals surface area contributed by atoms with E-state index in [4.69, 9.17) is 21.0 Å². The molecule has 7 rings (SSSR count). The molecular weight excluding hydrogens is 567 g/mol. The Bertz CT molecular complexity index is 2010. The number of nitrogens with one attached hydrogen (secondary N) is 1. The average molecular weight is 597 g/mol. The molecule has 1 saturated heterocycles. The van der Waals surface area contributed by atoms with Crippen molar-refractivity contribution in [2.45, 2.75) is 25.4 Å². The molecule has 4 aromatic heterocycles. The lowest BCUT2D eigenvalue weighted by atomic mass is 10.0. The number of aromatic nitrogens is 6. The van der Waals surface area contributed by atoms with Crippen LogP contribution in [0.5, 0.6) is 0 Å². The van der Waals surface area contributed by atoms with Crippen LogP contribution in [0.25, 0.3) is 39.5 Å². The summed E-state index contributed by atoms with van der Waals surface area (Å²) in [5, 5.41) is 12.5. The van der Waals surface area contributed by atoms with Gasteiger partial charge < -0.3 is 11.1 Å². The van der Waals surface area contributed by atoms with E-state index >= 15 is 0 Å². The van der Waals surface area contributed by atoms with Crippen LogP contribution < -0.4 is 11.1 Å². The van der Waals surface area contributed by atoms with Crippen molar-refractivity contribution in [2.24, 2.45) is 0 Å². The smallest absolute Gasteiger partial charge is 0.224 e. The number of nitrogens with two attached hydrogens (primary N) is 1. The number of nitrogens with zero attached hydrogens (tertiary/aromatic N) is 8. The first-order valence-electron chi connectivity index (χ1n) is 14.7. The Labute approximate surface area is 259 Å². The molecule has 3 N–H and O–H groups in total. The number of likely N-dealkylation sites (tertiary alicyclic amines) is 1. The van der Waals surface area contributed by atoms with Gasteiger partial charge >= 0.3 is 0 Å². The van der Waals surface area contributed by atoms with E-state index in [1.165, 1.54) is 17.7 Å². The minimum absolute atomic E-state index is 0.262. The van der Waals surface area contributed by atoms with Gasteiger partial charge in [0.1, 0.15) is 28.9 Å². The molecule has 0 unspecified atom stereocenters. The number of nitrogen functional groups attached to an aromatic ring is 1. The molecule has 6 aromatic rings. The molecule has 1 aliphatic rings. The van der Waals surface area contributed by atoms with Gasteiger partial charge in [0.25, 0.3) is 0 Å². The summed E-state index contributed by atoms with van der Waals surface area (Å²) in [4.78, 5) is 25.1. The van der Waals surface area contributed by atoms with Crippen molar-refractivity contribution in [1.29, 1.82) is 5.26 Å². The summed E-state index contributed by atoms with van der Waals surface area (Å²) < 4.78 is 15.6. The quantitative estimate of drug-likeness (QED) is 0.241. The molecule has 0 atom stereocenters. The van der Waals surface area contributed by atoms with Crippen LogP contribution in [0, 0.1) is 17.1 Å². The Morgan fingerprint density at radius 1 is 0.889 bits per heavy atom. The molecule has 0 aliphatic carbocycles. The van der Waals surface area contributed by atoms with E-state index in [-0.39, 0.29) is 11.9 Å². The summed E-state index contributed by atoms with van der Waals surface area (Å²) in [7, 11) is 0. The Balaban J connectivity index is 1.13. The molecule has 1 fully saturated rings. The number of hydrogen-bond acceptors (Lipinski definition) is 9. The fourth-order valence-electron chi connectivity index (χ4n) is 5.69. The Hall–Kier alpha value is -5.73. The minimum Gasteiger partial charge on any atom is -0.383 e. The summed E-state index contributed by atoms with van der Waals surface area (Å²) in [5.74, 6) is 1.23. The van der Waals surface area contributed by atoms with Gasteiger partial charge in [0, 0.05) is 49.3 Å². The predicted octanol–water partition coefficient (Wildman–Crippen LogP) is 5.61.